The molecule has 1 aromatic heterocycles. The summed E-state index contributed by atoms with van der Waals surface area (Å²) in [5, 5.41) is 5.44. The van der Waals surface area contributed by atoms with Crippen molar-refractivity contribution >= 4 is 23.4 Å². The molecule has 1 fully saturated rings. The molecule has 6 heteroatoms. The normalized spacial score (nSPS) is 16.8. The minimum atomic E-state index is -0.290. The standard InChI is InChI=1S/C19H22N4O2/c1-2-9-21-19(25)22-17-12-16(8-10-20-17)23-13-15(11-18(23)24)14-6-4-3-5-7-14/h3-8,10,12,15H,2,9,11,13H2,1H3,(H2,20,21,22,25). The van der Waals surface area contributed by atoms with Gasteiger partial charge in [0.25, 0.3) is 0 Å². The van der Waals surface area contributed by atoms with Gasteiger partial charge in [0, 0.05) is 43.4 Å². The molecule has 130 valence electrons. The Morgan fingerprint density at radius 1 is 1.28 bits per heavy atom. The van der Waals surface area contributed by atoms with Crippen molar-refractivity contribution in [3.8, 4) is 0 Å². The molecule has 6 nitrogen and oxygen atoms in total. The summed E-state index contributed by atoms with van der Waals surface area (Å²) < 4.78 is 0. The van der Waals surface area contributed by atoms with Crippen LogP contribution in [0.4, 0.5) is 16.3 Å². The second-order valence-corrected chi connectivity index (χ2v) is 6.10. The van der Waals surface area contributed by atoms with Gasteiger partial charge in [-0.1, -0.05) is 37.3 Å². The molecule has 3 rings (SSSR count). The fourth-order valence-corrected chi connectivity index (χ4v) is 2.96. The van der Waals surface area contributed by atoms with Crippen molar-refractivity contribution in [2.24, 2.45) is 0 Å². The Morgan fingerprint density at radius 2 is 2.08 bits per heavy atom. The summed E-state index contributed by atoms with van der Waals surface area (Å²) in [6.45, 7) is 3.23. The second kappa shape index (κ2) is 7.79. The number of carbonyl (C=O) groups is 2. The summed E-state index contributed by atoms with van der Waals surface area (Å²) in [6.07, 6.45) is 2.96. The van der Waals surface area contributed by atoms with E-state index in [-0.39, 0.29) is 17.9 Å². The van der Waals surface area contributed by atoms with E-state index in [1.54, 1.807) is 23.2 Å². The Balaban J connectivity index is 1.70. The van der Waals surface area contributed by atoms with Crippen molar-refractivity contribution in [3.05, 3.63) is 54.2 Å². The molecule has 0 saturated carbocycles. The zero-order chi connectivity index (χ0) is 17.6. The van der Waals surface area contributed by atoms with Gasteiger partial charge in [-0.05, 0) is 18.1 Å². The predicted octanol–water partition coefficient (Wildman–Crippen LogP) is 3.13. The van der Waals surface area contributed by atoms with Crippen LogP contribution >= 0.6 is 0 Å². The van der Waals surface area contributed by atoms with Crippen LogP contribution in [-0.4, -0.2) is 30.0 Å². The van der Waals surface area contributed by atoms with Gasteiger partial charge in [0.05, 0.1) is 0 Å². The van der Waals surface area contributed by atoms with Crippen LogP contribution in [0, 0.1) is 0 Å². The molecule has 1 unspecified atom stereocenters. The molecular weight excluding hydrogens is 316 g/mol. The Labute approximate surface area is 147 Å². The third-order valence-electron chi connectivity index (χ3n) is 4.23. The lowest BCUT2D eigenvalue weighted by atomic mass is 9.99. The van der Waals surface area contributed by atoms with E-state index in [0.29, 0.717) is 25.3 Å². The highest BCUT2D eigenvalue weighted by molar-refractivity contribution is 5.97. The first-order valence-electron chi connectivity index (χ1n) is 8.53. The number of benzene rings is 1. The lowest BCUT2D eigenvalue weighted by Crippen LogP contribution is -2.30. The van der Waals surface area contributed by atoms with Crippen LogP contribution in [0.25, 0.3) is 0 Å². The maximum Gasteiger partial charge on any atom is 0.320 e. The van der Waals surface area contributed by atoms with Gasteiger partial charge in [0.2, 0.25) is 5.91 Å². The first-order chi connectivity index (χ1) is 12.2. The first-order valence-corrected chi connectivity index (χ1v) is 8.53. The van der Waals surface area contributed by atoms with Gasteiger partial charge in [-0.25, -0.2) is 9.78 Å². The van der Waals surface area contributed by atoms with Gasteiger partial charge in [-0.15, -0.1) is 0 Å². The van der Waals surface area contributed by atoms with E-state index < -0.39 is 0 Å². The van der Waals surface area contributed by atoms with Crippen LogP contribution in [0.2, 0.25) is 0 Å². The highest BCUT2D eigenvalue weighted by Crippen LogP contribution is 2.32. The lowest BCUT2D eigenvalue weighted by molar-refractivity contribution is -0.117. The van der Waals surface area contributed by atoms with Crippen LogP contribution in [0.15, 0.2) is 48.7 Å². The topological polar surface area (TPSA) is 74.3 Å². The quantitative estimate of drug-likeness (QED) is 0.879. The monoisotopic (exact) mass is 338 g/mol. The SMILES string of the molecule is CCCNC(=O)Nc1cc(N2CC(c3ccccc3)CC2=O)ccn1. The van der Waals surface area contributed by atoms with Crippen molar-refractivity contribution < 1.29 is 9.59 Å². The van der Waals surface area contributed by atoms with Crippen LogP contribution in [0.1, 0.15) is 31.2 Å². The van der Waals surface area contributed by atoms with Gasteiger partial charge in [-0.3, -0.25) is 10.1 Å². The van der Waals surface area contributed by atoms with E-state index in [9.17, 15) is 9.59 Å². The molecule has 0 aliphatic carbocycles. The Hall–Kier alpha value is -2.89. The molecule has 2 heterocycles. The number of hydrogen-bond donors (Lipinski definition) is 2. The summed E-state index contributed by atoms with van der Waals surface area (Å²) >= 11 is 0. The molecule has 1 aromatic carbocycles. The third kappa shape index (κ3) is 4.15. The highest BCUT2D eigenvalue weighted by Gasteiger charge is 2.31. The van der Waals surface area contributed by atoms with Crippen molar-refractivity contribution in [2.45, 2.75) is 25.7 Å². The molecule has 1 aliphatic rings. The smallest absolute Gasteiger partial charge is 0.320 e. The molecule has 1 atom stereocenters. The molecule has 25 heavy (non-hydrogen) atoms. The number of nitrogens with one attached hydrogen (secondary N) is 2. The van der Waals surface area contributed by atoms with E-state index in [1.165, 1.54) is 5.56 Å². The number of hydrogen-bond acceptors (Lipinski definition) is 3. The summed E-state index contributed by atoms with van der Waals surface area (Å²) in [5.41, 5.74) is 1.92. The minimum Gasteiger partial charge on any atom is -0.338 e. The number of pyridine rings is 1. The van der Waals surface area contributed by atoms with Crippen LogP contribution in [0.5, 0.6) is 0 Å². The van der Waals surface area contributed by atoms with Crippen molar-refractivity contribution in [2.75, 3.05) is 23.3 Å². The van der Waals surface area contributed by atoms with Crippen LogP contribution in [-0.2, 0) is 4.79 Å². The molecular formula is C19H22N4O2. The fourth-order valence-electron chi connectivity index (χ4n) is 2.96. The molecule has 3 amide bonds. The molecule has 1 aliphatic heterocycles. The lowest BCUT2D eigenvalue weighted by Gasteiger charge is -2.17. The Bertz CT molecular complexity index is 748. The largest absolute Gasteiger partial charge is 0.338 e. The van der Waals surface area contributed by atoms with Gasteiger partial charge in [-0.2, -0.15) is 0 Å². The molecule has 0 bridgehead atoms. The second-order valence-electron chi connectivity index (χ2n) is 6.10. The van der Waals surface area contributed by atoms with E-state index in [1.807, 2.05) is 25.1 Å². The minimum absolute atomic E-state index is 0.0847. The summed E-state index contributed by atoms with van der Waals surface area (Å²) in [7, 11) is 0. The Kier molecular flexibility index (Phi) is 5.28. The number of rotatable bonds is 5. The molecule has 2 N–H and O–H groups in total. The van der Waals surface area contributed by atoms with Gasteiger partial charge in [0.15, 0.2) is 0 Å². The summed E-state index contributed by atoms with van der Waals surface area (Å²) in [6, 6.07) is 13.3. The maximum atomic E-state index is 12.4. The maximum absolute atomic E-state index is 12.4. The molecule has 1 saturated heterocycles. The summed E-state index contributed by atoms with van der Waals surface area (Å²) in [5.74, 6) is 0.703. The molecule has 0 radical (unpaired) electrons. The number of nitrogens with zero attached hydrogens (tertiary/aromatic N) is 2. The zero-order valence-electron chi connectivity index (χ0n) is 14.2. The van der Waals surface area contributed by atoms with Gasteiger partial charge < -0.3 is 10.2 Å². The fraction of sp³-hybridized carbons (Fsp3) is 0.316. The Morgan fingerprint density at radius 3 is 2.84 bits per heavy atom. The van der Waals surface area contributed by atoms with Gasteiger partial charge >= 0.3 is 6.03 Å². The van der Waals surface area contributed by atoms with Crippen molar-refractivity contribution in [3.63, 3.8) is 0 Å². The van der Waals surface area contributed by atoms with Crippen LogP contribution in [0.3, 0.4) is 0 Å². The average Bonchev–Trinajstić information content (AvgIpc) is 3.03. The van der Waals surface area contributed by atoms with E-state index in [0.717, 1.165) is 12.1 Å². The number of carbonyl (C=O) groups excluding carboxylic acids is 2. The number of urea groups is 1. The van der Waals surface area contributed by atoms with Gasteiger partial charge in [0.1, 0.15) is 5.82 Å². The van der Waals surface area contributed by atoms with Crippen molar-refractivity contribution in [1.29, 1.82) is 0 Å². The van der Waals surface area contributed by atoms with Crippen LogP contribution < -0.4 is 15.5 Å². The average molecular weight is 338 g/mol. The summed E-state index contributed by atoms with van der Waals surface area (Å²) in [4.78, 5) is 30.1. The number of amides is 3. The third-order valence-corrected chi connectivity index (χ3v) is 4.23. The zero-order valence-corrected chi connectivity index (χ0v) is 14.2. The van der Waals surface area contributed by atoms with E-state index in [2.05, 4.69) is 27.8 Å². The van der Waals surface area contributed by atoms with E-state index >= 15 is 0 Å². The molecule has 0 spiro atoms. The predicted molar refractivity (Wildman–Crippen MR) is 97.7 cm³/mol. The van der Waals surface area contributed by atoms with E-state index in [4.69, 9.17) is 0 Å². The number of anilines is 2. The molecule has 2 aromatic rings. The highest BCUT2D eigenvalue weighted by atomic mass is 16.2. The number of aromatic nitrogens is 1. The van der Waals surface area contributed by atoms with Crippen molar-refractivity contribution in [1.82, 2.24) is 10.3 Å². The first kappa shape index (κ1) is 17.0.